The molecule has 2 N–H and O–H groups in total. The fourth-order valence-corrected chi connectivity index (χ4v) is 3.95. The normalized spacial score (nSPS) is 11.7. The zero-order valence-corrected chi connectivity index (χ0v) is 19.0. The lowest BCUT2D eigenvalue weighted by Crippen LogP contribution is -2.10. The molecule has 2 aromatic carbocycles. The molecule has 162 valence electrons. The molecule has 6 heteroatoms. The summed E-state index contributed by atoms with van der Waals surface area (Å²) in [4.78, 5) is 11.6. The van der Waals surface area contributed by atoms with E-state index in [1.807, 2.05) is 21.0 Å². The number of hydrogen-bond donors (Lipinski definition) is 1. The number of ether oxygens (including phenoxy) is 1. The smallest absolute Gasteiger partial charge is 0.152 e. The van der Waals surface area contributed by atoms with Crippen LogP contribution in [0.1, 0.15) is 26.6 Å². The van der Waals surface area contributed by atoms with Crippen LogP contribution in [-0.4, -0.2) is 35.2 Å². The van der Waals surface area contributed by atoms with E-state index < -0.39 is 0 Å². The van der Waals surface area contributed by atoms with Crippen molar-refractivity contribution in [3.63, 3.8) is 0 Å². The Bertz CT molecular complexity index is 1210. The summed E-state index contributed by atoms with van der Waals surface area (Å²) >= 11 is 0. The van der Waals surface area contributed by atoms with Crippen molar-refractivity contribution < 1.29 is 4.74 Å². The molecule has 0 amide bonds. The van der Waals surface area contributed by atoms with Crippen molar-refractivity contribution in [2.75, 3.05) is 31.3 Å². The summed E-state index contributed by atoms with van der Waals surface area (Å²) in [5.74, 6) is 1.83. The molecule has 2 heterocycles. The van der Waals surface area contributed by atoms with Gasteiger partial charge in [0.1, 0.15) is 17.9 Å². The Morgan fingerprint density at radius 3 is 2.39 bits per heavy atom. The average Bonchev–Trinajstić information content (AvgIpc) is 3.10. The maximum absolute atomic E-state index is 6.37. The first-order valence-electron chi connectivity index (χ1n) is 10.8. The van der Waals surface area contributed by atoms with Crippen LogP contribution >= 0.6 is 0 Å². The SMILES string of the molecule is CCOCc1nc2c(N)nc3cc(-c4ccc(N(C)C)cc4)ccc3c2n1CC(C)C. The number of pyridine rings is 1. The van der Waals surface area contributed by atoms with Crippen LogP contribution in [-0.2, 0) is 17.9 Å². The van der Waals surface area contributed by atoms with E-state index in [1.165, 1.54) is 5.69 Å². The first-order chi connectivity index (χ1) is 14.9. The van der Waals surface area contributed by atoms with Gasteiger partial charge >= 0.3 is 0 Å². The molecule has 0 saturated carbocycles. The number of benzene rings is 2. The van der Waals surface area contributed by atoms with Crippen molar-refractivity contribution in [1.82, 2.24) is 14.5 Å². The van der Waals surface area contributed by atoms with E-state index in [0.29, 0.717) is 24.9 Å². The van der Waals surface area contributed by atoms with Gasteiger partial charge in [-0.2, -0.15) is 0 Å². The highest BCUT2D eigenvalue weighted by molar-refractivity contribution is 6.07. The minimum absolute atomic E-state index is 0.461. The molecule has 0 radical (unpaired) electrons. The molecule has 0 aliphatic carbocycles. The number of nitrogens with zero attached hydrogens (tertiary/aromatic N) is 4. The first kappa shape index (κ1) is 21.1. The fraction of sp³-hybridized carbons (Fsp3) is 0.360. The summed E-state index contributed by atoms with van der Waals surface area (Å²) < 4.78 is 7.93. The number of hydrogen-bond acceptors (Lipinski definition) is 5. The molecule has 31 heavy (non-hydrogen) atoms. The van der Waals surface area contributed by atoms with Gasteiger partial charge in [0.2, 0.25) is 0 Å². The van der Waals surface area contributed by atoms with Gasteiger partial charge in [-0.05, 0) is 42.2 Å². The number of rotatable bonds is 7. The third kappa shape index (κ3) is 4.08. The Morgan fingerprint density at radius 1 is 1.03 bits per heavy atom. The highest BCUT2D eigenvalue weighted by Crippen LogP contribution is 2.33. The second-order valence-corrected chi connectivity index (χ2v) is 8.54. The van der Waals surface area contributed by atoms with Crippen molar-refractivity contribution >= 4 is 33.4 Å². The molecule has 0 bridgehead atoms. The van der Waals surface area contributed by atoms with Gasteiger partial charge in [-0.25, -0.2) is 9.97 Å². The van der Waals surface area contributed by atoms with Crippen LogP contribution in [0.3, 0.4) is 0 Å². The molecule has 4 aromatic rings. The lowest BCUT2D eigenvalue weighted by atomic mass is 10.0. The third-order valence-corrected chi connectivity index (χ3v) is 5.48. The van der Waals surface area contributed by atoms with Crippen LogP contribution in [0, 0.1) is 5.92 Å². The largest absolute Gasteiger partial charge is 0.382 e. The Labute approximate surface area is 183 Å². The van der Waals surface area contributed by atoms with E-state index in [9.17, 15) is 0 Å². The molecule has 0 spiro atoms. The van der Waals surface area contributed by atoms with Crippen LogP contribution in [0.25, 0.3) is 33.1 Å². The van der Waals surface area contributed by atoms with E-state index in [2.05, 4.69) is 65.8 Å². The van der Waals surface area contributed by atoms with Crippen LogP contribution in [0.15, 0.2) is 42.5 Å². The van der Waals surface area contributed by atoms with Gasteiger partial charge in [-0.15, -0.1) is 0 Å². The summed E-state index contributed by atoms with van der Waals surface area (Å²) in [5.41, 5.74) is 12.5. The molecule has 0 aliphatic rings. The van der Waals surface area contributed by atoms with Crippen molar-refractivity contribution in [1.29, 1.82) is 0 Å². The predicted molar refractivity (Wildman–Crippen MR) is 129 cm³/mol. The Hall–Kier alpha value is -3.12. The average molecular weight is 418 g/mol. The van der Waals surface area contributed by atoms with Gasteiger partial charge in [0.15, 0.2) is 5.82 Å². The summed E-state index contributed by atoms with van der Waals surface area (Å²) in [6.45, 7) is 8.38. The van der Waals surface area contributed by atoms with Crippen LogP contribution in [0.2, 0.25) is 0 Å². The molecular formula is C25H31N5O. The van der Waals surface area contributed by atoms with Gasteiger partial charge in [-0.1, -0.05) is 38.1 Å². The van der Waals surface area contributed by atoms with E-state index in [0.717, 1.165) is 45.4 Å². The standard InChI is InChI=1S/C25H31N5O/c1-6-31-15-22-28-23-24(30(22)14-16(2)3)20-12-9-18(13-21(20)27-25(23)26)17-7-10-19(11-8-17)29(4)5/h7-13,16H,6,14-15H2,1-5H3,(H2,26,27). The Balaban J connectivity index is 1.87. The zero-order chi connectivity index (χ0) is 22.1. The van der Waals surface area contributed by atoms with Crippen molar-refractivity contribution in [2.45, 2.75) is 33.9 Å². The lowest BCUT2D eigenvalue weighted by Gasteiger charge is -2.14. The van der Waals surface area contributed by atoms with Crippen molar-refractivity contribution in [2.24, 2.45) is 5.92 Å². The lowest BCUT2D eigenvalue weighted by molar-refractivity contribution is 0.125. The van der Waals surface area contributed by atoms with Crippen LogP contribution < -0.4 is 10.6 Å². The van der Waals surface area contributed by atoms with E-state index in [1.54, 1.807) is 0 Å². The highest BCUT2D eigenvalue weighted by Gasteiger charge is 2.18. The van der Waals surface area contributed by atoms with Gasteiger partial charge in [0, 0.05) is 38.3 Å². The molecule has 0 aliphatic heterocycles. The topological polar surface area (TPSA) is 69.2 Å². The maximum atomic E-state index is 6.37. The minimum Gasteiger partial charge on any atom is -0.382 e. The molecular weight excluding hydrogens is 386 g/mol. The molecule has 2 aromatic heterocycles. The second kappa shape index (κ2) is 8.55. The Morgan fingerprint density at radius 2 is 1.74 bits per heavy atom. The van der Waals surface area contributed by atoms with Crippen molar-refractivity contribution in [3.8, 4) is 11.1 Å². The molecule has 0 atom stereocenters. The number of aromatic nitrogens is 3. The molecule has 0 unspecified atom stereocenters. The monoisotopic (exact) mass is 417 g/mol. The minimum atomic E-state index is 0.461. The summed E-state index contributed by atoms with van der Waals surface area (Å²) in [7, 11) is 4.09. The number of nitrogen functional groups attached to an aromatic ring is 1. The highest BCUT2D eigenvalue weighted by atomic mass is 16.5. The molecule has 4 rings (SSSR count). The van der Waals surface area contributed by atoms with Gasteiger partial charge in [0.25, 0.3) is 0 Å². The van der Waals surface area contributed by atoms with Gasteiger partial charge in [0.05, 0.1) is 11.0 Å². The van der Waals surface area contributed by atoms with Crippen molar-refractivity contribution in [3.05, 3.63) is 48.3 Å². The molecule has 0 fully saturated rings. The Kier molecular flexibility index (Phi) is 5.83. The predicted octanol–water partition coefficient (Wildman–Crippen LogP) is 5.09. The number of fused-ring (bicyclic) bond motifs is 3. The van der Waals surface area contributed by atoms with E-state index in [4.69, 9.17) is 20.4 Å². The summed E-state index contributed by atoms with van der Waals surface area (Å²) in [6, 6.07) is 14.9. The number of imidazole rings is 1. The number of nitrogens with two attached hydrogens (primary N) is 1. The van der Waals surface area contributed by atoms with E-state index in [-0.39, 0.29) is 0 Å². The summed E-state index contributed by atoms with van der Waals surface area (Å²) in [5, 5.41) is 1.06. The number of anilines is 2. The zero-order valence-electron chi connectivity index (χ0n) is 19.0. The molecule has 0 saturated heterocycles. The van der Waals surface area contributed by atoms with Gasteiger partial charge in [-0.3, -0.25) is 0 Å². The van der Waals surface area contributed by atoms with Gasteiger partial charge < -0.3 is 19.9 Å². The van der Waals surface area contributed by atoms with Crippen LogP contribution in [0.5, 0.6) is 0 Å². The maximum Gasteiger partial charge on any atom is 0.152 e. The molecule has 6 nitrogen and oxygen atoms in total. The summed E-state index contributed by atoms with van der Waals surface area (Å²) in [6.07, 6.45) is 0. The quantitative estimate of drug-likeness (QED) is 0.453. The first-order valence-corrected chi connectivity index (χ1v) is 10.8. The second-order valence-electron chi connectivity index (χ2n) is 8.54. The fourth-order valence-electron chi connectivity index (χ4n) is 3.95. The third-order valence-electron chi connectivity index (χ3n) is 5.48. The van der Waals surface area contributed by atoms with E-state index >= 15 is 0 Å². The van der Waals surface area contributed by atoms with Crippen LogP contribution in [0.4, 0.5) is 11.5 Å².